The Kier molecular flexibility index (Phi) is 4.06. The van der Waals surface area contributed by atoms with E-state index in [1.165, 1.54) is 11.8 Å². The van der Waals surface area contributed by atoms with Crippen LogP contribution in [0.5, 0.6) is 5.88 Å². The van der Waals surface area contributed by atoms with Crippen LogP contribution >= 0.6 is 23.4 Å². The second-order valence-corrected chi connectivity index (χ2v) is 6.63. The molecule has 0 saturated carbocycles. The fourth-order valence-electron chi connectivity index (χ4n) is 2.40. The Morgan fingerprint density at radius 3 is 2.88 bits per heavy atom. The van der Waals surface area contributed by atoms with E-state index in [1.807, 2.05) is 6.07 Å². The number of thioether (sulfide) groups is 1. The molecule has 0 amide bonds. The molecule has 25 heavy (non-hydrogen) atoms. The molecule has 3 aromatic heterocycles. The number of ether oxygens (including phenoxy) is 1. The number of benzene rings is 1. The van der Waals surface area contributed by atoms with Crippen LogP contribution in [-0.4, -0.2) is 32.0 Å². The molecule has 0 saturated heterocycles. The molecule has 3 heterocycles. The third-order valence-corrected chi connectivity index (χ3v) is 4.69. The molecule has 0 unspecified atom stereocenters. The zero-order chi connectivity index (χ0) is 17.4. The number of fused-ring (bicyclic) bond motifs is 2. The molecule has 4 aromatic rings. The Balaban J connectivity index is 1.59. The highest BCUT2D eigenvalue weighted by atomic mass is 35.5. The molecule has 7 nitrogen and oxygen atoms in total. The molecular formula is C16H12ClN5O2S. The van der Waals surface area contributed by atoms with Gasteiger partial charge in [-0.3, -0.25) is 4.79 Å². The number of aromatic amines is 2. The Bertz CT molecular complexity index is 1140. The van der Waals surface area contributed by atoms with Crippen molar-refractivity contribution in [2.45, 2.75) is 10.9 Å². The van der Waals surface area contributed by atoms with E-state index in [1.54, 1.807) is 31.4 Å². The largest absolute Gasteiger partial charge is 0.481 e. The molecule has 126 valence electrons. The van der Waals surface area contributed by atoms with E-state index in [9.17, 15) is 4.79 Å². The average Bonchev–Trinajstić information content (AvgIpc) is 3.02. The Morgan fingerprint density at radius 2 is 2.04 bits per heavy atom. The Labute approximate surface area is 150 Å². The summed E-state index contributed by atoms with van der Waals surface area (Å²) in [6.45, 7) is 0. The predicted octanol–water partition coefficient (Wildman–Crippen LogP) is 3.15. The number of rotatable bonds is 4. The van der Waals surface area contributed by atoms with Crippen LogP contribution in [0.4, 0.5) is 0 Å². The predicted molar refractivity (Wildman–Crippen MR) is 97.4 cm³/mol. The summed E-state index contributed by atoms with van der Waals surface area (Å²) in [5, 5.41) is 1.67. The van der Waals surface area contributed by atoms with E-state index in [2.05, 4.69) is 24.9 Å². The second kappa shape index (κ2) is 6.38. The van der Waals surface area contributed by atoms with Gasteiger partial charge in [0.2, 0.25) is 5.88 Å². The third kappa shape index (κ3) is 3.18. The highest BCUT2D eigenvalue weighted by molar-refractivity contribution is 7.98. The van der Waals surface area contributed by atoms with Crippen molar-refractivity contribution in [3.63, 3.8) is 0 Å². The first-order chi connectivity index (χ1) is 12.1. The van der Waals surface area contributed by atoms with Gasteiger partial charge in [-0.15, -0.1) is 0 Å². The molecule has 0 bridgehead atoms. The van der Waals surface area contributed by atoms with Crippen molar-refractivity contribution in [2.24, 2.45) is 0 Å². The maximum absolute atomic E-state index is 12.2. The van der Waals surface area contributed by atoms with Gasteiger partial charge in [-0.25, -0.2) is 9.97 Å². The summed E-state index contributed by atoms with van der Waals surface area (Å²) in [5.74, 6) is 1.54. The van der Waals surface area contributed by atoms with Crippen molar-refractivity contribution in [1.82, 2.24) is 24.9 Å². The van der Waals surface area contributed by atoms with Gasteiger partial charge in [0.1, 0.15) is 5.82 Å². The normalized spacial score (nSPS) is 11.3. The fraction of sp³-hybridized carbons (Fsp3) is 0.125. The molecule has 0 fully saturated rings. The lowest BCUT2D eigenvalue weighted by atomic mass is 10.2. The number of nitrogens with zero attached hydrogens (tertiary/aromatic N) is 3. The van der Waals surface area contributed by atoms with Crippen LogP contribution < -0.4 is 10.3 Å². The first-order valence-corrected chi connectivity index (χ1v) is 8.71. The molecule has 0 radical (unpaired) electrons. The molecule has 0 aliphatic rings. The SMILES string of the molecule is COc1ccc2[nH]c(SCc3nc4ccc(Cl)cc4c(=O)[nH]3)nc2n1. The van der Waals surface area contributed by atoms with Crippen LogP contribution in [0.2, 0.25) is 5.02 Å². The van der Waals surface area contributed by atoms with Gasteiger partial charge in [0.05, 0.1) is 29.3 Å². The van der Waals surface area contributed by atoms with Gasteiger partial charge in [-0.1, -0.05) is 23.4 Å². The van der Waals surface area contributed by atoms with Gasteiger partial charge in [-0.05, 0) is 24.3 Å². The first kappa shape index (κ1) is 15.9. The minimum Gasteiger partial charge on any atom is -0.481 e. The number of hydrogen-bond acceptors (Lipinski definition) is 6. The molecule has 1 aromatic carbocycles. The van der Waals surface area contributed by atoms with Crippen molar-refractivity contribution in [2.75, 3.05) is 7.11 Å². The number of imidazole rings is 1. The second-order valence-electron chi connectivity index (χ2n) is 5.23. The van der Waals surface area contributed by atoms with Crippen molar-refractivity contribution >= 4 is 45.4 Å². The highest BCUT2D eigenvalue weighted by Gasteiger charge is 2.09. The van der Waals surface area contributed by atoms with Gasteiger partial charge in [-0.2, -0.15) is 4.98 Å². The quantitative estimate of drug-likeness (QED) is 0.533. The van der Waals surface area contributed by atoms with E-state index in [4.69, 9.17) is 16.3 Å². The van der Waals surface area contributed by atoms with Crippen molar-refractivity contribution in [3.8, 4) is 5.88 Å². The van der Waals surface area contributed by atoms with E-state index in [0.29, 0.717) is 44.2 Å². The zero-order valence-corrected chi connectivity index (χ0v) is 14.6. The van der Waals surface area contributed by atoms with E-state index < -0.39 is 0 Å². The maximum Gasteiger partial charge on any atom is 0.258 e. The van der Waals surface area contributed by atoms with Crippen molar-refractivity contribution in [1.29, 1.82) is 0 Å². The number of pyridine rings is 1. The minimum atomic E-state index is -0.209. The third-order valence-electron chi connectivity index (χ3n) is 3.57. The van der Waals surface area contributed by atoms with E-state index in [-0.39, 0.29) is 5.56 Å². The summed E-state index contributed by atoms with van der Waals surface area (Å²) in [6.07, 6.45) is 0. The number of halogens is 1. The smallest absolute Gasteiger partial charge is 0.258 e. The number of aromatic nitrogens is 5. The van der Waals surface area contributed by atoms with Crippen molar-refractivity contribution < 1.29 is 4.74 Å². The van der Waals surface area contributed by atoms with Gasteiger partial charge in [0.15, 0.2) is 10.8 Å². The van der Waals surface area contributed by atoms with E-state index >= 15 is 0 Å². The summed E-state index contributed by atoms with van der Waals surface area (Å²) in [4.78, 5) is 31.3. The molecule has 4 rings (SSSR count). The Morgan fingerprint density at radius 1 is 1.16 bits per heavy atom. The minimum absolute atomic E-state index is 0.209. The van der Waals surface area contributed by atoms with Crippen LogP contribution in [0.1, 0.15) is 5.82 Å². The number of nitrogens with one attached hydrogen (secondary N) is 2. The van der Waals surface area contributed by atoms with Crippen LogP contribution in [0, 0.1) is 0 Å². The monoisotopic (exact) mass is 373 g/mol. The number of hydrogen-bond donors (Lipinski definition) is 2. The van der Waals surface area contributed by atoms with Crippen LogP contribution in [0.3, 0.4) is 0 Å². The molecule has 0 aliphatic heterocycles. The summed E-state index contributed by atoms with van der Waals surface area (Å²) in [5.41, 5.74) is 1.80. The van der Waals surface area contributed by atoms with Crippen LogP contribution in [0.15, 0.2) is 40.3 Å². The first-order valence-electron chi connectivity index (χ1n) is 7.34. The summed E-state index contributed by atoms with van der Waals surface area (Å²) in [7, 11) is 1.56. The topological polar surface area (TPSA) is 96.5 Å². The molecule has 2 N–H and O–H groups in total. The summed E-state index contributed by atoms with van der Waals surface area (Å²) < 4.78 is 5.09. The Hall–Kier alpha value is -2.58. The average molecular weight is 374 g/mol. The van der Waals surface area contributed by atoms with Crippen LogP contribution in [-0.2, 0) is 5.75 Å². The standard InChI is InChI=1S/C16H12ClN5O2S/c1-24-13-5-4-11-14(21-13)22-16(19-11)25-7-12-18-10-3-2-8(17)6-9(10)15(23)20-12/h2-6H,7H2,1H3,(H,18,20,23)(H,19,21,22). The molecule has 0 spiro atoms. The van der Waals surface area contributed by atoms with Crippen molar-refractivity contribution in [3.05, 3.63) is 51.5 Å². The van der Waals surface area contributed by atoms with Gasteiger partial charge < -0.3 is 14.7 Å². The number of methoxy groups -OCH3 is 1. The van der Waals surface area contributed by atoms with Crippen LogP contribution in [0.25, 0.3) is 22.1 Å². The molecule has 0 atom stereocenters. The van der Waals surface area contributed by atoms with Gasteiger partial charge >= 0.3 is 0 Å². The molecule has 0 aliphatic carbocycles. The lowest BCUT2D eigenvalue weighted by Crippen LogP contribution is -2.11. The fourth-order valence-corrected chi connectivity index (χ4v) is 3.32. The molecule has 9 heteroatoms. The lowest BCUT2D eigenvalue weighted by molar-refractivity contribution is 0.399. The number of H-pyrrole nitrogens is 2. The summed E-state index contributed by atoms with van der Waals surface area (Å²) in [6, 6.07) is 8.68. The van der Waals surface area contributed by atoms with E-state index in [0.717, 1.165) is 5.52 Å². The summed E-state index contributed by atoms with van der Waals surface area (Å²) >= 11 is 7.35. The maximum atomic E-state index is 12.2. The zero-order valence-electron chi connectivity index (χ0n) is 13.0. The lowest BCUT2D eigenvalue weighted by Gasteiger charge is -2.02. The highest BCUT2D eigenvalue weighted by Crippen LogP contribution is 2.23. The van der Waals surface area contributed by atoms with Gasteiger partial charge in [0, 0.05) is 11.1 Å². The molecular weight excluding hydrogens is 362 g/mol. The van der Waals surface area contributed by atoms with Gasteiger partial charge in [0.25, 0.3) is 5.56 Å².